The smallest absolute Gasteiger partial charge is 0.0402 e. The van der Waals surface area contributed by atoms with Crippen LogP contribution in [0.5, 0.6) is 0 Å². The van der Waals surface area contributed by atoms with Crippen molar-refractivity contribution in [3.05, 3.63) is 142 Å². The van der Waals surface area contributed by atoms with E-state index in [0.717, 1.165) is 19.3 Å². The molecule has 0 bridgehead atoms. The predicted molar refractivity (Wildman–Crippen MR) is 198 cm³/mol. The van der Waals surface area contributed by atoms with E-state index in [-0.39, 0.29) is 6.61 Å². The minimum atomic E-state index is 0.250. The summed E-state index contributed by atoms with van der Waals surface area (Å²) in [4.78, 5) is 0. The zero-order chi connectivity index (χ0) is 33.4. The molecule has 0 unspecified atom stereocenters. The number of nitrogens with two attached hydrogens (primary N) is 1. The molecule has 0 radical (unpaired) electrons. The maximum absolute atomic E-state index is 7.57. The molecule has 0 heterocycles. The molecule has 238 valence electrons. The molecule has 6 aromatic rings. The van der Waals surface area contributed by atoms with Gasteiger partial charge in [-0.3, -0.25) is 0 Å². The predicted octanol–water partition coefficient (Wildman–Crippen LogP) is 10.7. The molecule has 3 heteroatoms. The van der Waals surface area contributed by atoms with Gasteiger partial charge in [0.15, 0.2) is 0 Å². The quantitative estimate of drug-likeness (QED) is 0.164. The van der Waals surface area contributed by atoms with Gasteiger partial charge in [0.25, 0.3) is 0 Å². The fourth-order valence-corrected chi connectivity index (χ4v) is 7.27. The highest BCUT2D eigenvalue weighted by Gasteiger charge is 2.14. The lowest BCUT2D eigenvalue weighted by atomic mass is 9.87. The second kappa shape index (κ2) is 15.8. The second-order valence-corrected chi connectivity index (χ2v) is 12.4. The summed E-state index contributed by atoms with van der Waals surface area (Å²) in [7, 11) is 0. The van der Waals surface area contributed by atoms with Crippen LogP contribution in [-0.2, 0) is 12.8 Å². The second-order valence-electron chi connectivity index (χ2n) is 12.4. The van der Waals surface area contributed by atoms with Gasteiger partial charge in [-0.25, -0.2) is 5.90 Å². The highest BCUT2D eigenvalue weighted by atomic mass is 16.4. The fourth-order valence-electron chi connectivity index (χ4n) is 7.27. The first-order valence-electron chi connectivity index (χ1n) is 16.3. The number of aliphatic hydroxyl groups is 1. The van der Waals surface area contributed by atoms with Crippen LogP contribution >= 0.6 is 0 Å². The van der Waals surface area contributed by atoms with E-state index in [4.69, 9.17) is 10.3 Å². The Hall–Kier alpha value is -4.28. The van der Waals surface area contributed by atoms with Crippen LogP contribution in [0.3, 0.4) is 0 Å². The highest BCUT2D eigenvalue weighted by molar-refractivity contribution is 6.01. The third-order valence-electron chi connectivity index (χ3n) is 8.81. The van der Waals surface area contributed by atoms with Gasteiger partial charge in [0, 0.05) is 6.61 Å². The number of rotatable bonds is 6. The molecule has 0 amide bonds. The van der Waals surface area contributed by atoms with Crippen LogP contribution in [0.25, 0.3) is 43.8 Å². The zero-order valence-corrected chi connectivity index (χ0v) is 28.5. The lowest BCUT2D eigenvalue weighted by Crippen LogP contribution is -1.97. The van der Waals surface area contributed by atoms with Gasteiger partial charge in [-0.1, -0.05) is 108 Å². The average molecular weight is 612 g/mol. The molecule has 0 aliphatic carbocycles. The minimum absolute atomic E-state index is 0.250. The van der Waals surface area contributed by atoms with E-state index in [1.54, 1.807) is 6.92 Å². The molecule has 0 atom stereocenters. The van der Waals surface area contributed by atoms with E-state index in [1.807, 2.05) is 0 Å². The maximum Gasteiger partial charge on any atom is 0.0402 e. The van der Waals surface area contributed by atoms with Gasteiger partial charge in [0.2, 0.25) is 0 Å². The average Bonchev–Trinajstić information content (AvgIpc) is 3.03. The first kappa shape index (κ1) is 34.6. The van der Waals surface area contributed by atoms with Gasteiger partial charge in [-0.15, -0.1) is 0 Å². The Kier molecular flexibility index (Phi) is 11.9. The Labute approximate surface area is 275 Å². The normalized spacial score (nSPS) is 10.7. The lowest BCUT2D eigenvalue weighted by Gasteiger charge is -2.17. The topological polar surface area (TPSA) is 66.5 Å². The number of hydrogen-bond acceptors (Lipinski definition) is 3. The molecule has 3 nitrogen and oxygen atoms in total. The molecule has 0 aliphatic rings. The van der Waals surface area contributed by atoms with Crippen LogP contribution in [0.15, 0.2) is 97.1 Å². The van der Waals surface area contributed by atoms with Crippen LogP contribution in [0, 0.1) is 41.5 Å². The summed E-state index contributed by atoms with van der Waals surface area (Å²) in [6.45, 7) is 15.3. The Morgan fingerprint density at radius 1 is 0.478 bits per heavy atom. The summed E-state index contributed by atoms with van der Waals surface area (Å²) in [5, 5.41) is 19.6. The molecule has 0 fully saturated rings. The van der Waals surface area contributed by atoms with E-state index in [9.17, 15) is 0 Å². The largest absolute Gasteiger partial charge is 0.397 e. The molecule has 4 N–H and O–H groups in total. The molecular weight excluding hydrogens is 562 g/mol. The fraction of sp³-hybridized carbons (Fsp3) is 0.256. The maximum atomic E-state index is 7.57. The van der Waals surface area contributed by atoms with E-state index in [2.05, 4.69) is 145 Å². The van der Waals surface area contributed by atoms with Crippen LogP contribution in [0.2, 0.25) is 0 Å². The number of aliphatic hydroxyl groups excluding tert-OH is 1. The zero-order valence-electron chi connectivity index (χ0n) is 28.5. The van der Waals surface area contributed by atoms with Crippen molar-refractivity contribution >= 4 is 21.5 Å². The van der Waals surface area contributed by atoms with Gasteiger partial charge in [0.05, 0.1) is 0 Å². The van der Waals surface area contributed by atoms with Gasteiger partial charge < -0.3 is 10.3 Å². The monoisotopic (exact) mass is 611 g/mol. The summed E-state index contributed by atoms with van der Waals surface area (Å²) in [6.07, 6.45) is 3.26. The van der Waals surface area contributed by atoms with Crippen LogP contribution in [0.1, 0.15) is 57.9 Å². The summed E-state index contributed by atoms with van der Waals surface area (Å²) in [5.41, 5.74) is 16.4. The highest BCUT2D eigenvalue weighted by Crippen LogP contribution is 2.38. The van der Waals surface area contributed by atoms with Crippen molar-refractivity contribution in [2.24, 2.45) is 5.90 Å². The minimum Gasteiger partial charge on any atom is -0.397 e. The Morgan fingerprint density at radius 3 is 1.11 bits per heavy atom. The first-order valence-corrected chi connectivity index (χ1v) is 16.3. The molecule has 0 spiro atoms. The van der Waals surface area contributed by atoms with Gasteiger partial charge in [0.1, 0.15) is 0 Å². The molecule has 46 heavy (non-hydrogen) atoms. The SMILES string of the molecule is CCO.Cc1cc(C)c(-c2ccc(CCCc3ccc(-c4c(C)cc(C)cc4C)c4ccccc34)c3ccccc23)c(C)c1.NO. The number of benzene rings is 6. The van der Waals surface area contributed by atoms with E-state index in [0.29, 0.717) is 0 Å². The van der Waals surface area contributed by atoms with Crippen molar-refractivity contribution in [2.45, 2.75) is 67.7 Å². The van der Waals surface area contributed by atoms with Crippen molar-refractivity contribution in [1.82, 2.24) is 0 Å². The molecule has 0 aromatic heterocycles. The lowest BCUT2D eigenvalue weighted by molar-refractivity contribution is 0.311. The Bertz CT molecular complexity index is 1770. The molecule has 0 aliphatic heterocycles. The Balaban J connectivity index is 0.000000908. The summed E-state index contributed by atoms with van der Waals surface area (Å²) in [5.74, 6) is 3.50. The van der Waals surface area contributed by atoms with E-state index < -0.39 is 0 Å². The van der Waals surface area contributed by atoms with Crippen molar-refractivity contribution in [1.29, 1.82) is 0 Å². The third kappa shape index (κ3) is 7.40. The van der Waals surface area contributed by atoms with Crippen LogP contribution in [0.4, 0.5) is 0 Å². The molecule has 0 saturated carbocycles. The third-order valence-corrected chi connectivity index (χ3v) is 8.81. The summed E-state index contributed by atoms with van der Waals surface area (Å²) >= 11 is 0. The van der Waals surface area contributed by atoms with Crippen molar-refractivity contribution < 1.29 is 10.3 Å². The summed E-state index contributed by atoms with van der Waals surface area (Å²) < 4.78 is 0. The number of fused-ring (bicyclic) bond motifs is 2. The first-order chi connectivity index (χ1) is 22.2. The molecule has 6 aromatic carbocycles. The van der Waals surface area contributed by atoms with Crippen molar-refractivity contribution in [3.63, 3.8) is 0 Å². The van der Waals surface area contributed by atoms with E-state index in [1.165, 1.54) is 88.3 Å². The summed E-state index contributed by atoms with van der Waals surface area (Å²) in [6, 6.07) is 36.7. The molecule has 6 rings (SSSR count). The van der Waals surface area contributed by atoms with Crippen LogP contribution < -0.4 is 5.90 Å². The van der Waals surface area contributed by atoms with Crippen molar-refractivity contribution in [3.8, 4) is 22.3 Å². The number of aryl methyl sites for hydroxylation is 8. The van der Waals surface area contributed by atoms with Crippen molar-refractivity contribution in [2.75, 3.05) is 6.61 Å². The van der Waals surface area contributed by atoms with Gasteiger partial charge in [-0.2, -0.15) is 0 Å². The van der Waals surface area contributed by atoms with Crippen LogP contribution in [-0.4, -0.2) is 16.9 Å². The van der Waals surface area contributed by atoms with Gasteiger partial charge >= 0.3 is 0 Å². The van der Waals surface area contributed by atoms with E-state index >= 15 is 0 Å². The standard InChI is InChI=1S/C41H40.C2H6O.H3NO/c1-26-22-28(3)40(29(4)23-26)38-20-18-32(34-14-7-9-16-36(34)38)12-11-13-33-19-21-39(37-17-10-8-15-35(33)37)41-30(5)24-27(2)25-31(41)6;1-2-3;1-2/h7-10,14-25H,11-13H2,1-6H3;3H,2H2,1H3;2H,1H2. The Morgan fingerprint density at radius 2 is 0.783 bits per heavy atom. The van der Waals surface area contributed by atoms with Gasteiger partial charge in [-0.05, 0) is 145 Å². The number of hydrogen-bond donors (Lipinski definition) is 3. The molecule has 0 saturated heterocycles. The molecular formula is C43H49NO2.